The van der Waals surface area contributed by atoms with Gasteiger partial charge in [-0.3, -0.25) is 4.79 Å². The number of hydrogen-bond acceptors (Lipinski definition) is 5. The Morgan fingerprint density at radius 1 is 1.38 bits per heavy atom. The molecule has 2 heterocycles. The number of nitrogens with two attached hydrogens (primary N) is 1. The van der Waals surface area contributed by atoms with Crippen LogP contribution in [-0.4, -0.2) is 17.6 Å². The first-order chi connectivity index (χ1) is 11.6. The zero-order valence-electron chi connectivity index (χ0n) is 13.2. The van der Waals surface area contributed by atoms with Gasteiger partial charge in [0.05, 0.1) is 18.5 Å². The first kappa shape index (κ1) is 15.9. The van der Waals surface area contributed by atoms with Gasteiger partial charge in [0.25, 0.3) is 5.91 Å². The van der Waals surface area contributed by atoms with E-state index < -0.39 is 6.03 Å². The molecule has 8 heteroatoms. The van der Waals surface area contributed by atoms with Crippen LogP contribution in [-0.2, 0) is 13.0 Å². The maximum absolute atomic E-state index is 12.4. The first-order valence-corrected chi connectivity index (χ1v) is 7.61. The van der Waals surface area contributed by atoms with Crippen molar-refractivity contribution in [3.8, 4) is 0 Å². The highest BCUT2D eigenvalue weighted by Gasteiger charge is 2.28. The van der Waals surface area contributed by atoms with E-state index in [9.17, 15) is 9.59 Å². The van der Waals surface area contributed by atoms with Gasteiger partial charge in [0, 0.05) is 17.5 Å². The molecule has 0 aliphatic heterocycles. The van der Waals surface area contributed by atoms with Crippen LogP contribution in [0.15, 0.2) is 32.3 Å². The van der Waals surface area contributed by atoms with Crippen molar-refractivity contribution in [3.05, 3.63) is 46.8 Å². The number of nitrogens with zero attached hydrogens (tertiary/aromatic N) is 1. The van der Waals surface area contributed by atoms with E-state index in [-0.39, 0.29) is 18.2 Å². The topological polar surface area (TPSA) is 123 Å². The molecule has 2 aromatic rings. The molecule has 0 saturated heterocycles. The van der Waals surface area contributed by atoms with Crippen LogP contribution in [0.4, 0.5) is 4.79 Å². The van der Waals surface area contributed by atoms with Crippen molar-refractivity contribution in [2.24, 2.45) is 10.8 Å². The Balaban J connectivity index is 1.82. The number of carbonyl (C=O) groups is 2. The number of fused-ring (bicyclic) bond motifs is 1. The van der Waals surface area contributed by atoms with E-state index in [4.69, 9.17) is 14.6 Å². The standard InChI is InChI=1S/C16H18N4O4/c1-9-13-11(19-20-16(17)22)5-2-6-12(13)24-14(9)15(21)18-8-10-4-3-7-23-10/h3-4,7H,2,5-6,8H2,1H3,(H,18,21)(H3,17,20,22)/b19-11+. The molecule has 0 spiro atoms. The van der Waals surface area contributed by atoms with Crippen molar-refractivity contribution in [1.82, 2.24) is 10.7 Å². The molecule has 1 aliphatic rings. The zero-order chi connectivity index (χ0) is 17.1. The smallest absolute Gasteiger partial charge is 0.332 e. The van der Waals surface area contributed by atoms with E-state index in [2.05, 4.69) is 15.8 Å². The molecule has 0 aromatic carbocycles. The molecule has 126 valence electrons. The number of urea groups is 1. The Bertz CT molecular complexity index is 789. The minimum absolute atomic E-state index is 0.250. The van der Waals surface area contributed by atoms with Gasteiger partial charge < -0.3 is 19.9 Å². The van der Waals surface area contributed by atoms with Crippen molar-refractivity contribution < 1.29 is 18.4 Å². The van der Waals surface area contributed by atoms with E-state index in [0.717, 1.165) is 18.4 Å². The lowest BCUT2D eigenvalue weighted by atomic mass is 9.93. The van der Waals surface area contributed by atoms with Crippen LogP contribution in [0.3, 0.4) is 0 Å². The van der Waals surface area contributed by atoms with Gasteiger partial charge in [-0.05, 0) is 31.9 Å². The number of rotatable bonds is 4. The number of primary amides is 1. The number of furan rings is 2. The van der Waals surface area contributed by atoms with Gasteiger partial charge in [0.1, 0.15) is 11.5 Å². The van der Waals surface area contributed by atoms with Crippen molar-refractivity contribution in [1.29, 1.82) is 0 Å². The summed E-state index contributed by atoms with van der Waals surface area (Å²) in [5.41, 5.74) is 9.44. The van der Waals surface area contributed by atoms with Crippen molar-refractivity contribution in [2.75, 3.05) is 0 Å². The third kappa shape index (κ3) is 3.17. The summed E-state index contributed by atoms with van der Waals surface area (Å²) in [5.74, 6) is 1.29. The normalized spacial score (nSPS) is 15.1. The average molecular weight is 330 g/mol. The number of hydrazone groups is 1. The Morgan fingerprint density at radius 2 is 2.21 bits per heavy atom. The summed E-state index contributed by atoms with van der Waals surface area (Å²) < 4.78 is 10.9. The predicted molar refractivity (Wildman–Crippen MR) is 85.5 cm³/mol. The highest BCUT2D eigenvalue weighted by atomic mass is 16.4. The molecular weight excluding hydrogens is 312 g/mol. The third-order valence-electron chi connectivity index (χ3n) is 3.84. The molecule has 3 rings (SSSR count). The monoisotopic (exact) mass is 330 g/mol. The minimum Gasteiger partial charge on any atom is -0.467 e. The van der Waals surface area contributed by atoms with E-state index in [1.807, 2.05) is 0 Å². The van der Waals surface area contributed by atoms with Crippen LogP contribution in [0.25, 0.3) is 0 Å². The number of nitrogens with one attached hydrogen (secondary N) is 2. The van der Waals surface area contributed by atoms with Gasteiger partial charge >= 0.3 is 6.03 Å². The Hall–Kier alpha value is -3.03. The third-order valence-corrected chi connectivity index (χ3v) is 3.84. The lowest BCUT2D eigenvalue weighted by Crippen LogP contribution is -2.27. The highest BCUT2D eigenvalue weighted by Crippen LogP contribution is 2.29. The fourth-order valence-electron chi connectivity index (χ4n) is 2.78. The van der Waals surface area contributed by atoms with Gasteiger partial charge in [-0.15, -0.1) is 0 Å². The number of carbonyl (C=O) groups excluding carboxylic acids is 2. The van der Waals surface area contributed by atoms with Crippen LogP contribution in [0.5, 0.6) is 0 Å². The second-order valence-corrected chi connectivity index (χ2v) is 5.50. The maximum atomic E-state index is 12.4. The summed E-state index contributed by atoms with van der Waals surface area (Å²) in [4.78, 5) is 23.2. The Kier molecular flexibility index (Phi) is 4.37. The van der Waals surface area contributed by atoms with E-state index in [1.54, 1.807) is 25.3 Å². The number of amides is 3. The molecule has 0 bridgehead atoms. The van der Waals surface area contributed by atoms with E-state index in [1.165, 1.54) is 0 Å². The highest BCUT2D eigenvalue weighted by molar-refractivity contribution is 6.06. The van der Waals surface area contributed by atoms with Crippen LogP contribution in [0.2, 0.25) is 0 Å². The van der Waals surface area contributed by atoms with Gasteiger partial charge in [0.15, 0.2) is 5.76 Å². The number of aryl methyl sites for hydroxylation is 1. The van der Waals surface area contributed by atoms with Gasteiger partial charge in [-0.25, -0.2) is 10.2 Å². The maximum Gasteiger partial charge on any atom is 0.332 e. The summed E-state index contributed by atoms with van der Waals surface area (Å²) in [7, 11) is 0. The first-order valence-electron chi connectivity index (χ1n) is 7.61. The molecular formula is C16H18N4O4. The fourth-order valence-corrected chi connectivity index (χ4v) is 2.78. The zero-order valence-corrected chi connectivity index (χ0v) is 13.2. The Labute approximate surface area is 138 Å². The largest absolute Gasteiger partial charge is 0.467 e. The van der Waals surface area contributed by atoms with Crippen molar-refractivity contribution in [3.63, 3.8) is 0 Å². The lowest BCUT2D eigenvalue weighted by molar-refractivity contribution is 0.0917. The van der Waals surface area contributed by atoms with E-state index >= 15 is 0 Å². The molecule has 0 unspecified atom stereocenters. The summed E-state index contributed by atoms with van der Waals surface area (Å²) in [6.07, 6.45) is 3.78. The predicted octanol–water partition coefficient (Wildman–Crippen LogP) is 1.82. The quantitative estimate of drug-likeness (QED) is 0.740. The van der Waals surface area contributed by atoms with Crippen LogP contribution in [0, 0.1) is 6.92 Å². The molecule has 8 nitrogen and oxygen atoms in total. The molecule has 0 saturated carbocycles. The molecule has 0 fully saturated rings. The van der Waals surface area contributed by atoms with Crippen molar-refractivity contribution >= 4 is 17.6 Å². The van der Waals surface area contributed by atoms with Crippen LogP contribution >= 0.6 is 0 Å². The SMILES string of the molecule is Cc1c(C(=O)NCc2ccco2)oc2c1/C(=N/NC(N)=O)CCC2. The summed E-state index contributed by atoms with van der Waals surface area (Å²) >= 11 is 0. The molecule has 1 aliphatic carbocycles. The molecule has 0 radical (unpaired) electrons. The van der Waals surface area contributed by atoms with Gasteiger partial charge in [0.2, 0.25) is 0 Å². The second kappa shape index (κ2) is 6.61. The molecule has 4 N–H and O–H groups in total. The van der Waals surface area contributed by atoms with Crippen molar-refractivity contribution in [2.45, 2.75) is 32.7 Å². The minimum atomic E-state index is -0.729. The summed E-state index contributed by atoms with van der Waals surface area (Å²) in [6, 6.07) is 2.81. The summed E-state index contributed by atoms with van der Waals surface area (Å²) in [6.45, 7) is 2.08. The molecule has 3 amide bonds. The average Bonchev–Trinajstić information content (AvgIpc) is 3.19. The number of hydrogen-bond donors (Lipinski definition) is 3. The fraction of sp³-hybridized carbons (Fsp3) is 0.312. The van der Waals surface area contributed by atoms with Gasteiger partial charge in [-0.1, -0.05) is 0 Å². The van der Waals surface area contributed by atoms with Crippen LogP contribution in [0.1, 0.15) is 46.0 Å². The molecule has 24 heavy (non-hydrogen) atoms. The van der Waals surface area contributed by atoms with Gasteiger partial charge in [-0.2, -0.15) is 5.10 Å². The molecule has 2 aromatic heterocycles. The van der Waals surface area contributed by atoms with E-state index in [0.29, 0.717) is 29.2 Å². The summed E-state index contributed by atoms with van der Waals surface area (Å²) in [5, 5.41) is 6.79. The Morgan fingerprint density at radius 3 is 2.92 bits per heavy atom. The second-order valence-electron chi connectivity index (χ2n) is 5.50. The van der Waals surface area contributed by atoms with Crippen LogP contribution < -0.4 is 16.5 Å². The molecule has 0 atom stereocenters. The lowest BCUT2D eigenvalue weighted by Gasteiger charge is -2.13.